The van der Waals surface area contributed by atoms with Crippen molar-refractivity contribution < 1.29 is 4.74 Å². The molecule has 0 bridgehead atoms. The van der Waals surface area contributed by atoms with Gasteiger partial charge in [0.15, 0.2) is 0 Å². The second-order valence-corrected chi connectivity index (χ2v) is 6.43. The van der Waals surface area contributed by atoms with E-state index in [2.05, 4.69) is 34.5 Å². The fourth-order valence-electron chi connectivity index (χ4n) is 3.64. The minimum Gasteiger partial charge on any atom is -0.372 e. The largest absolute Gasteiger partial charge is 0.372 e. The molecule has 0 amide bonds. The molecule has 0 aromatic heterocycles. The van der Waals surface area contributed by atoms with Gasteiger partial charge in [-0.1, -0.05) is 24.3 Å². The summed E-state index contributed by atoms with van der Waals surface area (Å²) in [6, 6.07) is 10.3. The Morgan fingerprint density at radius 1 is 1.20 bits per heavy atom. The van der Waals surface area contributed by atoms with E-state index in [0.29, 0.717) is 6.04 Å². The highest BCUT2D eigenvalue weighted by Crippen LogP contribution is 2.30. The lowest BCUT2D eigenvalue weighted by Crippen LogP contribution is -2.37. The number of rotatable bonds is 4. The number of fused-ring (bicyclic) bond motifs is 1. The van der Waals surface area contributed by atoms with Crippen LogP contribution in [0.15, 0.2) is 24.3 Å². The van der Waals surface area contributed by atoms with E-state index in [1.54, 1.807) is 0 Å². The van der Waals surface area contributed by atoms with Crippen LogP contribution in [0.1, 0.15) is 36.5 Å². The molecule has 2 unspecified atom stereocenters. The molecule has 1 aromatic rings. The molecular formula is C17H24N2O. The quantitative estimate of drug-likeness (QED) is 0.909. The van der Waals surface area contributed by atoms with E-state index in [9.17, 15) is 0 Å². The average Bonchev–Trinajstić information content (AvgIpc) is 3.24. The van der Waals surface area contributed by atoms with Gasteiger partial charge in [0.25, 0.3) is 0 Å². The van der Waals surface area contributed by atoms with Gasteiger partial charge in [-0.05, 0) is 36.8 Å². The third-order valence-corrected chi connectivity index (χ3v) is 4.97. The van der Waals surface area contributed by atoms with Crippen LogP contribution in [0.4, 0.5) is 0 Å². The Kier molecular flexibility index (Phi) is 3.51. The van der Waals surface area contributed by atoms with Crippen LogP contribution in [-0.2, 0) is 11.2 Å². The SMILES string of the molecule is c1ccc2c(c1)CCOC2CNC1CCN(C2CC2)C1. The van der Waals surface area contributed by atoms with Crippen molar-refractivity contribution in [1.29, 1.82) is 0 Å². The number of nitrogens with zero attached hydrogens (tertiary/aromatic N) is 1. The highest BCUT2D eigenvalue weighted by molar-refractivity contribution is 5.31. The Balaban J connectivity index is 1.34. The predicted molar refractivity (Wildman–Crippen MR) is 79.8 cm³/mol. The van der Waals surface area contributed by atoms with Gasteiger partial charge < -0.3 is 10.1 Å². The lowest BCUT2D eigenvalue weighted by atomic mass is 9.97. The first-order valence-electron chi connectivity index (χ1n) is 8.07. The van der Waals surface area contributed by atoms with Crippen LogP contribution in [0.25, 0.3) is 0 Å². The van der Waals surface area contributed by atoms with Crippen molar-refractivity contribution in [3.63, 3.8) is 0 Å². The molecule has 20 heavy (non-hydrogen) atoms. The van der Waals surface area contributed by atoms with Crippen molar-refractivity contribution in [3.05, 3.63) is 35.4 Å². The molecule has 2 aliphatic heterocycles. The summed E-state index contributed by atoms with van der Waals surface area (Å²) in [4.78, 5) is 2.66. The number of benzene rings is 1. The van der Waals surface area contributed by atoms with Crippen LogP contribution in [0.5, 0.6) is 0 Å². The molecule has 108 valence electrons. The second kappa shape index (κ2) is 5.47. The first-order valence-corrected chi connectivity index (χ1v) is 8.07. The Morgan fingerprint density at radius 3 is 3.00 bits per heavy atom. The first kappa shape index (κ1) is 12.8. The normalized spacial score (nSPS) is 30.4. The number of hydrogen-bond acceptors (Lipinski definition) is 3. The number of ether oxygens (including phenoxy) is 1. The molecular weight excluding hydrogens is 248 g/mol. The molecule has 0 radical (unpaired) electrons. The van der Waals surface area contributed by atoms with Crippen LogP contribution in [0.3, 0.4) is 0 Å². The molecule has 4 rings (SSSR count). The topological polar surface area (TPSA) is 24.5 Å². The van der Waals surface area contributed by atoms with Gasteiger partial charge in [-0.2, -0.15) is 0 Å². The molecule has 2 fully saturated rings. The third-order valence-electron chi connectivity index (χ3n) is 4.97. The van der Waals surface area contributed by atoms with E-state index < -0.39 is 0 Å². The summed E-state index contributed by atoms with van der Waals surface area (Å²) in [5.41, 5.74) is 2.86. The maximum atomic E-state index is 5.97. The summed E-state index contributed by atoms with van der Waals surface area (Å²) in [5.74, 6) is 0. The Bertz CT molecular complexity index is 472. The summed E-state index contributed by atoms with van der Waals surface area (Å²) >= 11 is 0. The maximum absolute atomic E-state index is 5.97. The predicted octanol–water partition coefficient (Wildman–Crippen LogP) is 2.13. The van der Waals surface area contributed by atoms with E-state index in [4.69, 9.17) is 4.74 Å². The Labute approximate surface area is 121 Å². The molecule has 3 aliphatic rings. The van der Waals surface area contributed by atoms with Crippen molar-refractivity contribution in [2.45, 2.75) is 43.9 Å². The molecule has 1 aromatic carbocycles. The van der Waals surface area contributed by atoms with Crippen LogP contribution in [0, 0.1) is 0 Å². The summed E-state index contributed by atoms with van der Waals surface area (Å²) in [6.45, 7) is 4.34. The lowest BCUT2D eigenvalue weighted by Gasteiger charge is -2.27. The Morgan fingerprint density at radius 2 is 2.10 bits per heavy atom. The first-order chi connectivity index (χ1) is 9.90. The van der Waals surface area contributed by atoms with Crippen LogP contribution >= 0.6 is 0 Å². The fourth-order valence-corrected chi connectivity index (χ4v) is 3.64. The van der Waals surface area contributed by atoms with Gasteiger partial charge in [-0.15, -0.1) is 0 Å². The monoisotopic (exact) mass is 272 g/mol. The number of nitrogens with one attached hydrogen (secondary N) is 1. The zero-order valence-electron chi connectivity index (χ0n) is 12.1. The van der Waals surface area contributed by atoms with Gasteiger partial charge in [0, 0.05) is 31.7 Å². The highest BCUT2D eigenvalue weighted by atomic mass is 16.5. The molecule has 0 spiro atoms. The van der Waals surface area contributed by atoms with E-state index in [-0.39, 0.29) is 6.10 Å². The van der Waals surface area contributed by atoms with Crippen LogP contribution in [0.2, 0.25) is 0 Å². The van der Waals surface area contributed by atoms with Crippen molar-refractivity contribution in [1.82, 2.24) is 10.2 Å². The summed E-state index contributed by atoms with van der Waals surface area (Å²) in [6.07, 6.45) is 5.45. The van der Waals surface area contributed by atoms with Gasteiger partial charge in [-0.25, -0.2) is 0 Å². The molecule has 1 aliphatic carbocycles. The molecule has 1 saturated carbocycles. The van der Waals surface area contributed by atoms with E-state index >= 15 is 0 Å². The van der Waals surface area contributed by atoms with Gasteiger partial charge in [0.1, 0.15) is 0 Å². The van der Waals surface area contributed by atoms with Crippen molar-refractivity contribution in [2.75, 3.05) is 26.2 Å². The minimum atomic E-state index is 0.245. The third kappa shape index (κ3) is 2.62. The second-order valence-electron chi connectivity index (χ2n) is 6.43. The van der Waals surface area contributed by atoms with Gasteiger partial charge >= 0.3 is 0 Å². The van der Waals surface area contributed by atoms with Gasteiger partial charge in [0.05, 0.1) is 12.7 Å². The van der Waals surface area contributed by atoms with Crippen LogP contribution in [-0.4, -0.2) is 43.2 Å². The van der Waals surface area contributed by atoms with Gasteiger partial charge in [-0.3, -0.25) is 4.90 Å². The zero-order chi connectivity index (χ0) is 13.4. The van der Waals surface area contributed by atoms with Crippen molar-refractivity contribution >= 4 is 0 Å². The lowest BCUT2D eigenvalue weighted by molar-refractivity contribution is 0.0408. The molecule has 3 nitrogen and oxygen atoms in total. The molecule has 1 saturated heterocycles. The summed E-state index contributed by atoms with van der Waals surface area (Å²) in [7, 11) is 0. The standard InChI is InChI=1S/C17H24N2O/c1-2-4-16-13(3-1)8-10-20-17(16)11-18-14-7-9-19(12-14)15-5-6-15/h1-4,14-15,17-18H,5-12H2. The van der Waals surface area contributed by atoms with E-state index in [1.165, 1.54) is 43.5 Å². The average molecular weight is 272 g/mol. The summed E-state index contributed by atoms with van der Waals surface area (Å²) < 4.78 is 5.97. The summed E-state index contributed by atoms with van der Waals surface area (Å²) in [5, 5.41) is 3.74. The van der Waals surface area contributed by atoms with Crippen LogP contribution < -0.4 is 5.32 Å². The van der Waals surface area contributed by atoms with E-state index in [0.717, 1.165) is 25.6 Å². The molecule has 1 N–H and O–H groups in total. The highest BCUT2D eigenvalue weighted by Gasteiger charge is 2.34. The molecule has 2 atom stereocenters. The van der Waals surface area contributed by atoms with Crippen molar-refractivity contribution in [2.24, 2.45) is 0 Å². The minimum absolute atomic E-state index is 0.245. The van der Waals surface area contributed by atoms with Gasteiger partial charge in [0.2, 0.25) is 0 Å². The number of hydrogen-bond donors (Lipinski definition) is 1. The maximum Gasteiger partial charge on any atom is 0.0952 e. The zero-order valence-corrected chi connectivity index (χ0v) is 12.1. The van der Waals surface area contributed by atoms with E-state index in [1.807, 2.05) is 0 Å². The number of likely N-dealkylation sites (tertiary alicyclic amines) is 1. The van der Waals surface area contributed by atoms with Crippen molar-refractivity contribution in [3.8, 4) is 0 Å². The Hall–Kier alpha value is -0.900. The smallest absolute Gasteiger partial charge is 0.0952 e. The molecule has 3 heteroatoms. The fraction of sp³-hybridized carbons (Fsp3) is 0.647. The molecule has 2 heterocycles.